The third-order valence-electron chi connectivity index (χ3n) is 8.21. The average molecular weight is 669 g/mol. The van der Waals surface area contributed by atoms with Crippen LogP contribution in [0.5, 0.6) is 0 Å². The van der Waals surface area contributed by atoms with Crippen LogP contribution in [0.3, 0.4) is 0 Å². The highest BCUT2D eigenvalue weighted by Gasteiger charge is 2.37. The predicted octanol–water partition coefficient (Wildman–Crippen LogP) is 8.80. The average Bonchev–Trinajstić information content (AvgIpc) is 3.05. The van der Waals surface area contributed by atoms with Crippen molar-refractivity contribution in [3.63, 3.8) is 0 Å². The van der Waals surface area contributed by atoms with Gasteiger partial charge in [0, 0.05) is 36.7 Å². The second kappa shape index (κ2) is 14.8. The van der Waals surface area contributed by atoms with Crippen LogP contribution in [0.2, 0.25) is 0 Å². The van der Waals surface area contributed by atoms with Crippen molar-refractivity contribution in [2.45, 2.75) is 38.0 Å². The van der Waals surface area contributed by atoms with Crippen molar-refractivity contribution in [2.24, 2.45) is 5.92 Å². The summed E-state index contributed by atoms with van der Waals surface area (Å²) in [4.78, 5) is 28.4. The molecular weight excluding hydrogens is 634 g/mol. The molecule has 1 saturated heterocycles. The molecule has 4 aromatic carbocycles. The van der Waals surface area contributed by atoms with Gasteiger partial charge in [0.05, 0.1) is 16.7 Å². The van der Waals surface area contributed by atoms with E-state index in [1.54, 1.807) is 12.1 Å². The van der Waals surface area contributed by atoms with Crippen molar-refractivity contribution in [3.05, 3.63) is 125 Å². The molecule has 4 aromatic rings. The van der Waals surface area contributed by atoms with Gasteiger partial charge in [0.2, 0.25) is 0 Å². The molecule has 48 heavy (non-hydrogen) atoms. The number of halogens is 6. The molecular formula is C36H34F6N4O2. The van der Waals surface area contributed by atoms with Gasteiger partial charge in [-0.3, -0.25) is 4.79 Å². The van der Waals surface area contributed by atoms with Gasteiger partial charge in [-0.2, -0.15) is 26.3 Å². The molecule has 0 spiro atoms. The van der Waals surface area contributed by atoms with Crippen LogP contribution in [0.15, 0.2) is 97.1 Å². The van der Waals surface area contributed by atoms with E-state index in [4.69, 9.17) is 0 Å². The van der Waals surface area contributed by atoms with Crippen LogP contribution in [0.1, 0.15) is 45.5 Å². The van der Waals surface area contributed by atoms with E-state index in [1.807, 2.05) is 48.5 Å². The van der Waals surface area contributed by atoms with E-state index in [-0.39, 0.29) is 23.2 Å². The zero-order valence-corrected chi connectivity index (χ0v) is 25.8. The first-order valence-corrected chi connectivity index (χ1v) is 15.5. The highest BCUT2D eigenvalue weighted by atomic mass is 19.4. The Kier molecular flexibility index (Phi) is 10.6. The van der Waals surface area contributed by atoms with E-state index in [2.05, 4.69) is 33.0 Å². The molecule has 1 aliphatic rings. The Balaban J connectivity index is 1.32. The summed E-state index contributed by atoms with van der Waals surface area (Å²) in [5, 5.41) is 7.42. The normalized spacial score (nSPS) is 14.0. The molecule has 0 radical (unpaired) electrons. The van der Waals surface area contributed by atoms with Crippen LogP contribution < -0.4 is 20.9 Å². The van der Waals surface area contributed by atoms with Crippen molar-refractivity contribution >= 4 is 29.0 Å². The number of piperidine rings is 1. The smallest absolute Gasteiger partial charge is 0.371 e. The van der Waals surface area contributed by atoms with E-state index in [0.717, 1.165) is 24.8 Å². The summed E-state index contributed by atoms with van der Waals surface area (Å²) >= 11 is 0. The highest BCUT2D eigenvalue weighted by molar-refractivity contribution is 6.04. The lowest BCUT2D eigenvalue weighted by atomic mass is 9.89. The summed E-state index contributed by atoms with van der Waals surface area (Å²) in [6, 6.07) is 24.3. The quantitative estimate of drug-likeness (QED) is 0.156. The first kappa shape index (κ1) is 34.3. The van der Waals surface area contributed by atoms with Crippen molar-refractivity contribution in [3.8, 4) is 0 Å². The summed E-state index contributed by atoms with van der Waals surface area (Å²) in [6.45, 7) is 1.74. The van der Waals surface area contributed by atoms with Crippen LogP contribution in [0, 0.1) is 5.92 Å². The van der Waals surface area contributed by atoms with Gasteiger partial charge in [-0.15, -0.1) is 0 Å². The fourth-order valence-electron chi connectivity index (χ4n) is 5.78. The van der Waals surface area contributed by atoms with Gasteiger partial charge in [-0.05, 0) is 79.1 Å². The molecule has 0 unspecified atom stereocenters. The number of hydrogen-bond acceptors (Lipinski definition) is 3. The van der Waals surface area contributed by atoms with E-state index in [0.29, 0.717) is 49.8 Å². The van der Waals surface area contributed by atoms with E-state index in [1.165, 1.54) is 11.6 Å². The molecule has 0 saturated carbocycles. The van der Waals surface area contributed by atoms with Gasteiger partial charge in [-0.25, -0.2) is 4.79 Å². The van der Waals surface area contributed by atoms with Crippen LogP contribution in [0.25, 0.3) is 0 Å². The monoisotopic (exact) mass is 668 g/mol. The highest BCUT2D eigenvalue weighted by Crippen LogP contribution is 2.38. The van der Waals surface area contributed by atoms with Crippen LogP contribution in [-0.4, -0.2) is 31.6 Å². The Morgan fingerprint density at radius 3 is 1.83 bits per heavy atom. The van der Waals surface area contributed by atoms with E-state index >= 15 is 0 Å². The molecule has 1 aliphatic heterocycles. The molecule has 6 nitrogen and oxygen atoms in total. The molecule has 1 heterocycles. The van der Waals surface area contributed by atoms with Gasteiger partial charge >= 0.3 is 18.4 Å². The molecule has 1 fully saturated rings. The minimum atomic E-state index is -5.07. The number of carbonyl (C=O) groups excluding carboxylic acids is 2. The van der Waals surface area contributed by atoms with Gasteiger partial charge in [-0.1, -0.05) is 60.7 Å². The lowest BCUT2D eigenvalue weighted by Crippen LogP contribution is -2.36. The van der Waals surface area contributed by atoms with Crippen LogP contribution >= 0.6 is 0 Å². The van der Waals surface area contributed by atoms with Crippen LogP contribution in [0.4, 0.5) is 48.2 Å². The number of alkyl halides is 6. The number of amides is 3. The number of nitrogens with one attached hydrogen (secondary N) is 3. The number of carbonyl (C=O) groups is 2. The number of anilines is 3. The molecule has 3 N–H and O–H groups in total. The number of hydrogen-bond donors (Lipinski definition) is 3. The number of benzene rings is 4. The SMILES string of the molecule is O=C(Nc1cc(C(F)(F)F)cc(C(F)(F)F)c1)Nc1ccc(N2CCC(Cc3ccccc3)CC2)c(C(=O)NCCc2ccccc2)c1. The maximum Gasteiger partial charge on any atom is 0.416 e. The molecule has 0 bridgehead atoms. The number of urea groups is 1. The molecule has 0 aromatic heterocycles. The summed E-state index contributed by atoms with van der Waals surface area (Å²) in [7, 11) is 0. The second-order valence-corrected chi connectivity index (χ2v) is 11.7. The second-order valence-electron chi connectivity index (χ2n) is 11.7. The molecule has 0 atom stereocenters. The fourth-order valence-corrected chi connectivity index (χ4v) is 5.78. The minimum absolute atomic E-state index is 0.0189. The topological polar surface area (TPSA) is 73.5 Å². The first-order valence-electron chi connectivity index (χ1n) is 15.5. The third-order valence-corrected chi connectivity index (χ3v) is 8.21. The predicted molar refractivity (Wildman–Crippen MR) is 173 cm³/mol. The Bertz CT molecular complexity index is 1670. The lowest BCUT2D eigenvalue weighted by molar-refractivity contribution is -0.143. The van der Waals surface area contributed by atoms with Gasteiger partial charge in [0.15, 0.2) is 0 Å². The summed E-state index contributed by atoms with van der Waals surface area (Å²) in [5.74, 6) is 0.0919. The number of rotatable bonds is 9. The zero-order chi connectivity index (χ0) is 34.3. The summed E-state index contributed by atoms with van der Waals surface area (Å²) in [5.41, 5.74) is -0.436. The molecule has 0 aliphatic carbocycles. The Morgan fingerprint density at radius 1 is 0.688 bits per heavy atom. The Hall–Kier alpha value is -5.00. The molecule has 5 rings (SSSR count). The van der Waals surface area contributed by atoms with Gasteiger partial charge < -0.3 is 20.9 Å². The maximum atomic E-state index is 13.5. The van der Waals surface area contributed by atoms with Crippen LogP contribution in [-0.2, 0) is 25.2 Å². The summed E-state index contributed by atoms with van der Waals surface area (Å²) < 4.78 is 79.8. The minimum Gasteiger partial charge on any atom is -0.371 e. The summed E-state index contributed by atoms with van der Waals surface area (Å²) in [6.07, 6.45) is -6.78. The van der Waals surface area contributed by atoms with Gasteiger partial charge in [0.1, 0.15) is 0 Å². The largest absolute Gasteiger partial charge is 0.416 e. The third kappa shape index (κ3) is 9.30. The maximum absolute atomic E-state index is 13.5. The Labute approximate surface area is 274 Å². The Morgan fingerprint density at radius 2 is 1.25 bits per heavy atom. The van der Waals surface area contributed by atoms with Gasteiger partial charge in [0.25, 0.3) is 5.91 Å². The molecule has 12 heteroatoms. The molecule has 252 valence electrons. The van der Waals surface area contributed by atoms with Crippen molar-refractivity contribution in [1.29, 1.82) is 0 Å². The van der Waals surface area contributed by atoms with E-state index in [9.17, 15) is 35.9 Å². The van der Waals surface area contributed by atoms with Crippen molar-refractivity contribution < 1.29 is 35.9 Å². The first-order chi connectivity index (χ1) is 22.8. The van der Waals surface area contributed by atoms with Crippen molar-refractivity contribution in [2.75, 3.05) is 35.2 Å². The lowest BCUT2D eigenvalue weighted by Gasteiger charge is -2.35. The van der Waals surface area contributed by atoms with E-state index < -0.39 is 35.2 Å². The fraction of sp³-hybridized carbons (Fsp3) is 0.278. The number of nitrogens with zero attached hydrogens (tertiary/aromatic N) is 1. The molecule has 3 amide bonds. The van der Waals surface area contributed by atoms with Crippen molar-refractivity contribution in [1.82, 2.24) is 5.32 Å². The zero-order valence-electron chi connectivity index (χ0n) is 25.8. The standard InChI is InChI=1S/C36H34F6N4O2/c37-35(38,39)27-20-28(36(40,41)42)22-30(21-27)45-34(48)44-29-11-12-32(31(23-29)33(47)43-16-13-24-7-3-1-4-8-24)46-17-14-26(15-18-46)19-25-9-5-2-6-10-25/h1-12,20-23,26H,13-19H2,(H,43,47)(H2,44,45,48).